The first-order valence-corrected chi connectivity index (χ1v) is 30.8. The van der Waals surface area contributed by atoms with Crippen LogP contribution in [0.1, 0.15) is 94.5 Å². The van der Waals surface area contributed by atoms with Crippen molar-refractivity contribution in [3.05, 3.63) is 297 Å². The van der Waals surface area contributed by atoms with Crippen LogP contribution in [-0.2, 0) is 10.8 Å². The topological polar surface area (TPSA) is 6.48 Å². The zero-order chi connectivity index (χ0) is 61.2. The summed E-state index contributed by atoms with van der Waals surface area (Å²) in [7, 11) is 0. The zero-order valence-corrected chi connectivity index (χ0v) is 52.4. The van der Waals surface area contributed by atoms with Gasteiger partial charge in [-0.2, -0.15) is 0 Å². The summed E-state index contributed by atoms with van der Waals surface area (Å²) in [6.45, 7) is 26.6. The van der Waals surface area contributed by atoms with Gasteiger partial charge in [-0.15, -0.1) is 0 Å². The number of rotatable bonds is 10. The van der Waals surface area contributed by atoms with Crippen LogP contribution in [0.2, 0.25) is 0 Å². The lowest BCUT2D eigenvalue weighted by Crippen LogP contribution is -2.17. The lowest BCUT2D eigenvalue weighted by atomic mass is 9.75. The number of benzene rings is 12. The summed E-state index contributed by atoms with van der Waals surface area (Å²) >= 11 is 0. The Hall–Kier alpha value is -9.64. The molecule has 0 unspecified atom stereocenters. The average Bonchev–Trinajstić information content (AvgIpc) is 1.59. The number of fused-ring (bicyclic) bond motifs is 7. The van der Waals surface area contributed by atoms with Gasteiger partial charge >= 0.3 is 0 Å². The summed E-state index contributed by atoms with van der Waals surface area (Å²) in [4.78, 5) is 4.78. The van der Waals surface area contributed by atoms with Crippen molar-refractivity contribution in [3.63, 3.8) is 0 Å². The molecule has 12 aromatic rings. The average molecular weight is 1150 g/mol. The van der Waals surface area contributed by atoms with Crippen LogP contribution in [0.25, 0.3) is 77.5 Å². The Kier molecular flexibility index (Phi) is 13.4. The van der Waals surface area contributed by atoms with Crippen LogP contribution in [-0.4, -0.2) is 0 Å². The third-order valence-corrected chi connectivity index (χ3v) is 18.8. The zero-order valence-electron chi connectivity index (χ0n) is 52.4. The van der Waals surface area contributed by atoms with E-state index in [0.29, 0.717) is 11.1 Å². The van der Waals surface area contributed by atoms with Crippen molar-refractivity contribution < 1.29 is 8.78 Å². The first kappa shape index (κ1) is 56.2. The van der Waals surface area contributed by atoms with Crippen LogP contribution >= 0.6 is 0 Å². The summed E-state index contributed by atoms with van der Waals surface area (Å²) in [5.74, 6) is -0.643. The van der Waals surface area contributed by atoms with Crippen molar-refractivity contribution in [2.45, 2.75) is 93.9 Å². The second kappa shape index (κ2) is 21.1. The van der Waals surface area contributed by atoms with E-state index in [1.807, 2.05) is 48.5 Å². The van der Waals surface area contributed by atoms with Gasteiger partial charge in [0.05, 0.1) is 0 Å². The Bertz CT molecular complexity index is 4360. The highest BCUT2D eigenvalue weighted by Crippen LogP contribution is 2.62. The molecule has 2 aliphatic rings. The Morgan fingerprint density at radius 1 is 0.250 bits per heavy atom. The molecular weight excluding hydrogens is 1070 g/mol. The summed E-state index contributed by atoms with van der Waals surface area (Å²) in [5.41, 5.74) is 29.1. The van der Waals surface area contributed by atoms with Gasteiger partial charge in [0, 0.05) is 67.2 Å². The Balaban J connectivity index is 1.11. The molecule has 432 valence electrons. The lowest BCUT2D eigenvalue weighted by Gasteiger charge is -2.29. The fourth-order valence-corrected chi connectivity index (χ4v) is 15.2. The van der Waals surface area contributed by atoms with Gasteiger partial charge in [-0.1, -0.05) is 149 Å². The summed E-state index contributed by atoms with van der Waals surface area (Å²) in [6.07, 6.45) is 0. The first-order valence-electron chi connectivity index (χ1n) is 30.8. The van der Waals surface area contributed by atoms with Gasteiger partial charge in [-0.25, -0.2) is 8.78 Å². The number of aryl methyl sites for hydroxylation is 8. The van der Waals surface area contributed by atoms with Crippen LogP contribution < -0.4 is 9.80 Å². The van der Waals surface area contributed by atoms with Crippen LogP contribution in [0.3, 0.4) is 0 Å². The highest BCUT2D eigenvalue weighted by atomic mass is 19.1. The minimum absolute atomic E-state index is 0.322. The van der Waals surface area contributed by atoms with E-state index in [-0.39, 0.29) is 11.6 Å². The molecule has 0 amide bonds. The number of hydrogen-bond donors (Lipinski definition) is 0. The molecule has 88 heavy (non-hydrogen) atoms. The molecule has 0 aromatic heterocycles. The molecule has 2 aliphatic carbocycles. The van der Waals surface area contributed by atoms with Crippen LogP contribution in [0.4, 0.5) is 42.9 Å². The molecule has 4 heteroatoms. The maximum atomic E-state index is 18.3. The second-order valence-electron chi connectivity index (χ2n) is 26.3. The molecular formula is C84H72F2N2. The van der Waals surface area contributed by atoms with Crippen molar-refractivity contribution in [3.8, 4) is 66.8 Å². The SMILES string of the molecule is Cc1cc(C)cc(N(c2cc(C)cc(C)c2)c2ccc3c(c2)C(C)(C)c2cc4c(-c5c(F)cccc5-c5ccccc5)c5c(cc4c(-c4c(F)cccc4-c4ccccc4)c2-3)C(C)(C)c2cc(N(c3cc(C)cc(C)c3)c3cc(C)cc(C)c3)ccc2-5)c1. The van der Waals surface area contributed by atoms with Gasteiger partial charge in [0.1, 0.15) is 11.6 Å². The van der Waals surface area contributed by atoms with Crippen LogP contribution in [0.5, 0.6) is 0 Å². The normalized spacial score (nSPS) is 13.3. The maximum Gasteiger partial charge on any atom is 0.131 e. The summed E-state index contributed by atoms with van der Waals surface area (Å²) in [6, 6.07) is 77.0. The first-order chi connectivity index (χ1) is 42.2. The van der Waals surface area contributed by atoms with Crippen molar-refractivity contribution in [1.82, 2.24) is 0 Å². The van der Waals surface area contributed by atoms with E-state index in [1.54, 1.807) is 12.1 Å². The van der Waals surface area contributed by atoms with E-state index in [9.17, 15) is 0 Å². The number of anilines is 6. The summed E-state index contributed by atoms with van der Waals surface area (Å²) in [5, 5.41) is 1.73. The molecule has 0 spiro atoms. The van der Waals surface area contributed by atoms with Gasteiger partial charge < -0.3 is 9.80 Å². The monoisotopic (exact) mass is 1150 g/mol. The second-order valence-corrected chi connectivity index (χ2v) is 26.3. The third-order valence-electron chi connectivity index (χ3n) is 18.8. The smallest absolute Gasteiger partial charge is 0.131 e. The molecule has 0 radical (unpaired) electrons. The number of hydrogen-bond acceptors (Lipinski definition) is 2. The quantitative estimate of drug-likeness (QED) is 0.135. The van der Waals surface area contributed by atoms with Gasteiger partial charge in [-0.3, -0.25) is 0 Å². The fraction of sp³-hybridized carbons (Fsp3) is 0.167. The standard InChI is InChI=1S/C84H72F2N2/c1-49-33-50(2)38-61(37-49)87(62-39-51(3)34-52(4)40-62)59-29-31-67-71(45-59)83(9,10)73-47-69-70(81(77(67)73)79-65(25-19-27-75(79)85)57-21-15-13-16-22-57)48-74-78(82(69)80-66(26-20-28-76(80)86)58-23-17-14-18-24-58)68-32-30-60(46-72(68)84(74,11)12)88(63-41-53(5)35-54(6)42-63)64-43-55(7)36-56(8)44-64/h13-48H,1-12H3. The number of halogens is 2. The van der Waals surface area contributed by atoms with E-state index in [2.05, 4.69) is 251 Å². The van der Waals surface area contributed by atoms with Gasteiger partial charge in [0.2, 0.25) is 0 Å². The molecule has 0 aliphatic heterocycles. The van der Waals surface area contributed by atoms with E-state index in [0.717, 1.165) is 123 Å². The molecule has 0 saturated carbocycles. The van der Waals surface area contributed by atoms with Crippen molar-refractivity contribution in [1.29, 1.82) is 0 Å². The van der Waals surface area contributed by atoms with Crippen molar-refractivity contribution >= 4 is 44.9 Å². The van der Waals surface area contributed by atoms with Gasteiger partial charge in [-0.05, 0) is 274 Å². The van der Waals surface area contributed by atoms with E-state index >= 15 is 8.78 Å². The third kappa shape index (κ3) is 9.26. The fourth-order valence-electron chi connectivity index (χ4n) is 15.2. The van der Waals surface area contributed by atoms with Crippen LogP contribution in [0.15, 0.2) is 218 Å². The molecule has 0 atom stereocenters. The predicted octanol–water partition coefficient (Wildman–Crippen LogP) is 23.8. The molecule has 0 heterocycles. The van der Waals surface area contributed by atoms with Crippen LogP contribution in [0, 0.1) is 67.0 Å². The Labute approximate surface area is 518 Å². The molecule has 2 nitrogen and oxygen atoms in total. The molecule has 0 saturated heterocycles. The predicted molar refractivity (Wildman–Crippen MR) is 368 cm³/mol. The minimum Gasteiger partial charge on any atom is -0.310 e. The molecule has 0 fully saturated rings. The Morgan fingerprint density at radius 2 is 0.557 bits per heavy atom. The Morgan fingerprint density at radius 3 is 0.864 bits per heavy atom. The minimum atomic E-state index is -0.635. The molecule has 12 aromatic carbocycles. The van der Waals surface area contributed by atoms with Gasteiger partial charge in [0.15, 0.2) is 0 Å². The van der Waals surface area contributed by atoms with E-state index < -0.39 is 10.8 Å². The highest BCUT2D eigenvalue weighted by molar-refractivity contribution is 6.19. The molecule has 0 N–H and O–H groups in total. The lowest BCUT2D eigenvalue weighted by molar-refractivity contribution is 0.631. The van der Waals surface area contributed by atoms with Crippen molar-refractivity contribution in [2.75, 3.05) is 9.80 Å². The van der Waals surface area contributed by atoms with E-state index in [4.69, 9.17) is 0 Å². The highest BCUT2D eigenvalue weighted by Gasteiger charge is 2.44. The summed E-state index contributed by atoms with van der Waals surface area (Å²) < 4.78 is 36.6. The van der Waals surface area contributed by atoms with E-state index in [1.165, 1.54) is 44.5 Å². The molecule has 0 bridgehead atoms. The number of nitrogens with zero attached hydrogens (tertiary/aromatic N) is 2. The van der Waals surface area contributed by atoms with Crippen molar-refractivity contribution in [2.24, 2.45) is 0 Å². The maximum absolute atomic E-state index is 18.3. The largest absolute Gasteiger partial charge is 0.310 e. The molecule has 14 rings (SSSR count). The van der Waals surface area contributed by atoms with Gasteiger partial charge in [0.25, 0.3) is 0 Å².